The Morgan fingerprint density at radius 3 is 2.45 bits per heavy atom. The summed E-state index contributed by atoms with van der Waals surface area (Å²) in [6, 6.07) is 0. The molecule has 0 bridgehead atoms. The summed E-state index contributed by atoms with van der Waals surface area (Å²) in [4.78, 5) is 10.5. The first-order chi connectivity index (χ1) is 5.13. The van der Waals surface area contributed by atoms with Gasteiger partial charge in [-0.3, -0.25) is 4.79 Å². The molecule has 0 fully saturated rings. The van der Waals surface area contributed by atoms with Crippen molar-refractivity contribution in [2.24, 2.45) is 0 Å². The lowest BCUT2D eigenvalue weighted by atomic mass is 10.1. The second-order valence-corrected chi connectivity index (χ2v) is 3.33. The molecule has 0 aromatic carbocycles. The molecule has 4 heteroatoms. The first-order valence-electron chi connectivity index (χ1n) is 3.57. The first kappa shape index (κ1) is 10.8. The van der Waals surface area contributed by atoms with Gasteiger partial charge < -0.3 is 10.2 Å². The molecule has 2 atom stereocenters. The molecule has 0 aromatic heterocycles. The first-order valence-corrected chi connectivity index (χ1v) is 4.86. The molecule has 0 rings (SSSR count). The molecule has 0 aromatic rings. The van der Waals surface area contributed by atoms with Gasteiger partial charge >= 0.3 is 5.97 Å². The molecular formula is C7H14O3S. The van der Waals surface area contributed by atoms with Crippen LogP contribution in [0.5, 0.6) is 0 Å². The van der Waals surface area contributed by atoms with Crippen LogP contribution in [-0.4, -0.2) is 33.8 Å². The summed E-state index contributed by atoms with van der Waals surface area (Å²) < 4.78 is 0. The lowest BCUT2D eigenvalue weighted by Crippen LogP contribution is -2.30. The molecule has 0 aliphatic heterocycles. The third-order valence-corrected chi connectivity index (χ3v) is 2.45. The van der Waals surface area contributed by atoms with E-state index in [2.05, 4.69) is 0 Å². The van der Waals surface area contributed by atoms with Crippen LogP contribution in [0.3, 0.4) is 0 Å². The Kier molecular flexibility index (Phi) is 5.32. The van der Waals surface area contributed by atoms with Gasteiger partial charge in [-0.25, -0.2) is 0 Å². The highest BCUT2D eigenvalue weighted by Gasteiger charge is 2.24. The fourth-order valence-electron chi connectivity index (χ4n) is 0.870. The lowest BCUT2D eigenvalue weighted by Gasteiger charge is -2.15. The third kappa shape index (κ3) is 3.62. The van der Waals surface area contributed by atoms with E-state index >= 15 is 0 Å². The van der Waals surface area contributed by atoms with E-state index in [9.17, 15) is 9.90 Å². The number of aliphatic hydroxyl groups excluding tert-OH is 1. The molecule has 11 heavy (non-hydrogen) atoms. The number of thioether (sulfide) groups is 1. The number of rotatable bonds is 5. The number of hydrogen-bond donors (Lipinski definition) is 2. The van der Waals surface area contributed by atoms with Crippen LogP contribution in [0.2, 0.25) is 0 Å². The molecule has 3 nitrogen and oxygen atoms in total. The normalized spacial score (nSPS) is 15.9. The summed E-state index contributed by atoms with van der Waals surface area (Å²) in [5, 5.41) is 17.2. The Morgan fingerprint density at radius 2 is 2.18 bits per heavy atom. The number of carboxylic acid groups (broad SMARTS) is 1. The number of hydrogen-bond acceptors (Lipinski definition) is 3. The van der Waals surface area contributed by atoms with Gasteiger partial charge in [0, 0.05) is 0 Å². The van der Waals surface area contributed by atoms with Gasteiger partial charge in [-0.05, 0) is 12.7 Å². The number of aliphatic carboxylic acids is 1. The summed E-state index contributed by atoms with van der Waals surface area (Å²) >= 11 is 1.18. The molecule has 0 heterocycles. The van der Waals surface area contributed by atoms with Crippen molar-refractivity contribution in [2.75, 3.05) is 6.26 Å². The molecule has 0 aliphatic carbocycles. The minimum Gasteiger partial charge on any atom is -0.480 e. The second kappa shape index (κ2) is 5.43. The molecule has 0 saturated heterocycles. The molecule has 0 aliphatic rings. The van der Waals surface area contributed by atoms with Crippen LogP contribution in [0.25, 0.3) is 0 Å². The van der Waals surface area contributed by atoms with Crippen LogP contribution < -0.4 is 0 Å². The van der Waals surface area contributed by atoms with E-state index < -0.39 is 17.3 Å². The van der Waals surface area contributed by atoms with Crippen molar-refractivity contribution in [1.82, 2.24) is 0 Å². The minimum absolute atomic E-state index is 0.553. The van der Waals surface area contributed by atoms with Crippen LogP contribution in [-0.2, 0) is 4.79 Å². The number of carbonyl (C=O) groups is 1. The Hall–Kier alpha value is -0.220. The second-order valence-electron chi connectivity index (χ2n) is 2.35. The zero-order valence-corrected chi connectivity index (χ0v) is 7.60. The predicted octanol–water partition coefficient (Wildman–Crippen LogP) is 0.964. The monoisotopic (exact) mass is 178 g/mol. The summed E-state index contributed by atoms with van der Waals surface area (Å²) in [5.74, 6) is -0.932. The van der Waals surface area contributed by atoms with Gasteiger partial charge in [-0.1, -0.05) is 13.3 Å². The molecule has 0 spiro atoms. The fraction of sp³-hybridized carbons (Fsp3) is 0.857. The fourth-order valence-corrected chi connectivity index (χ4v) is 1.52. The summed E-state index contributed by atoms with van der Waals surface area (Å²) in [6.07, 6.45) is 2.34. The smallest absolute Gasteiger partial charge is 0.319 e. The molecular weight excluding hydrogens is 164 g/mol. The maximum absolute atomic E-state index is 10.5. The van der Waals surface area contributed by atoms with E-state index in [-0.39, 0.29) is 0 Å². The molecule has 0 unspecified atom stereocenters. The van der Waals surface area contributed by atoms with Crippen LogP contribution in [0.4, 0.5) is 0 Å². The molecule has 0 amide bonds. The quantitative estimate of drug-likeness (QED) is 0.658. The van der Waals surface area contributed by atoms with Crippen molar-refractivity contribution < 1.29 is 15.0 Å². The maximum Gasteiger partial charge on any atom is 0.319 e. The van der Waals surface area contributed by atoms with Crippen LogP contribution in [0, 0.1) is 0 Å². The van der Waals surface area contributed by atoms with Gasteiger partial charge in [0.25, 0.3) is 0 Å². The highest BCUT2D eigenvalue weighted by Crippen LogP contribution is 2.15. The van der Waals surface area contributed by atoms with Crippen LogP contribution >= 0.6 is 11.8 Å². The van der Waals surface area contributed by atoms with E-state index in [4.69, 9.17) is 5.11 Å². The lowest BCUT2D eigenvalue weighted by molar-refractivity contribution is -0.138. The molecule has 0 radical (unpaired) electrons. The highest BCUT2D eigenvalue weighted by molar-refractivity contribution is 7.99. The van der Waals surface area contributed by atoms with E-state index in [1.54, 1.807) is 6.26 Å². The zero-order chi connectivity index (χ0) is 8.85. The summed E-state index contributed by atoms with van der Waals surface area (Å²) in [7, 11) is 0. The Labute approximate surface area is 70.8 Å². The van der Waals surface area contributed by atoms with Crippen LogP contribution in [0.1, 0.15) is 19.8 Å². The largest absolute Gasteiger partial charge is 0.480 e. The van der Waals surface area contributed by atoms with Crippen molar-refractivity contribution in [3.05, 3.63) is 0 Å². The highest BCUT2D eigenvalue weighted by atomic mass is 32.2. The van der Waals surface area contributed by atoms with Gasteiger partial charge in [-0.2, -0.15) is 0 Å². The van der Waals surface area contributed by atoms with Gasteiger partial charge in [0.05, 0.1) is 6.10 Å². The standard InChI is InChI=1S/C7H14O3S/c1-3-4-5(8)6(11-2)7(9)10/h5-6,8H,3-4H2,1-2H3,(H,9,10)/t5-,6+/m0/s1. The number of aliphatic hydroxyl groups is 1. The minimum atomic E-state index is -0.932. The van der Waals surface area contributed by atoms with Gasteiger partial charge in [-0.15, -0.1) is 11.8 Å². The average Bonchev–Trinajstić information content (AvgIpc) is 1.88. The Bertz CT molecular complexity index is 127. The Balaban J connectivity index is 3.91. The van der Waals surface area contributed by atoms with Crippen molar-refractivity contribution >= 4 is 17.7 Å². The van der Waals surface area contributed by atoms with Crippen molar-refractivity contribution in [3.8, 4) is 0 Å². The van der Waals surface area contributed by atoms with E-state index in [0.717, 1.165) is 6.42 Å². The Morgan fingerprint density at radius 1 is 1.64 bits per heavy atom. The van der Waals surface area contributed by atoms with E-state index in [1.807, 2.05) is 6.92 Å². The SMILES string of the molecule is CCC[C@H](O)[C@@H](SC)C(=O)O. The molecule has 2 N–H and O–H groups in total. The van der Waals surface area contributed by atoms with E-state index in [0.29, 0.717) is 6.42 Å². The van der Waals surface area contributed by atoms with Crippen LogP contribution in [0.15, 0.2) is 0 Å². The maximum atomic E-state index is 10.5. The van der Waals surface area contributed by atoms with E-state index in [1.165, 1.54) is 11.8 Å². The van der Waals surface area contributed by atoms with Crippen molar-refractivity contribution in [3.63, 3.8) is 0 Å². The zero-order valence-electron chi connectivity index (χ0n) is 6.78. The topological polar surface area (TPSA) is 57.5 Å². The van der Waals surface area contributed by atoms with Gasteiger partial charge in [0.1, 0.15) is 5.25 Å². The molecule has 0 saturated carbocycles. The average molecular weight is 178 g/mol. The summed E-state index contributed by atoms with van der Waals surface area (Å²) in [5.41, 5.74) is 0. The predicted molar refractivity (Wildman–Crippen MR) is 45.9 cm³/mol. The van der Waals surface area contributed by atoms with Crippen molar-refractivity contribution in [2.45, 2.75) is 31.1 Å². The van der Waals surface area contributed by atoms with Gasteiger partial charge in [0.2, 0.25) is 0 Å². The van der Waals surface area contributed by atoms with Crippen molar-refractivity contribution in [1.29, 1.82) is 0 Å². The van der Waals surface area contributed by atoms with Gasteiger partial charge in [0.15, 0.2) is 0 Å². The summed E-state index contributed by atoms with van der Waals surface area (Å²) in [6.45, 7) is 1.92. The molecule has 66 valence electrons. The number of carboxylic acids is 1. The third-order valence-electron chi connectivity index (χ3n) is 1.43.